The molecule has 0 spiro atoms. The maximum Gasteiger partial charge on any atom is 0.0508 e. The fourth-order valence-corrected chi connectivity index (χ4v) is 3.40. The van der Waals surface area contributed by atoms with Crippen LogP contribution in [-0.4, -0.2) is 12.5 Å². The van der Waals surface area contributed by atoms with Gasteiger partial charge in [-0.05, 0) is 37.0 Å². The molecule has 4 heteroatoms. The molecule has 0 aliphatic rings. The summed E-state index contributed by atoms with van der Waals surface area (Å²) in [7, 11) is 0. The number of benzene rings is 1. The number of rotatable bonds is 3. The van der Waals surface area contributed by atoms with Gasteiger partial charge in [0.15, 0.2) is 0 Å². The van der Waals surface area contributed by atoms with Crippen molar-refractivity contribution in [2.24, 2.45) is 0 Å². The quantitative estimate of drug-likeness (QED) is 0.631. The fraction of sp³-hybridized carbons (Fsp3) is 0.455. The third-order valence-corrected chi connectivity index (χ3v) is 4.45. The van der Waals surface area contributed by atoms with Gasteiger partial charge in [-0.2, -0.15) is 0 Å². The van der Waals surface area contributed by atoms with Crippen LogP contribution in [0.25, 0.3) is 0 Å². The molecule has 1 aromatic rings. The summed E-state index contributed by atoms with van der Waals surface area (Å²) in [5, 5.41) is 0. The van der Waals surface area contributed by atoms with Crippen LogP contribution in [0, 0.1) is 6.92 Å². The van der Waals surface area contributed by atoms with Crippen LogP contribution in [0.15, 0.2) is 9.79 Å². The molecule has 15 heavy (non-hydrogen) atoms. The van der Waals surface area contributed by atoms with Gasteiger partial charge in [-0.1, -0.05) is 6.92 Å². The zero-order valence-electron chi connectivity index (χ0n) is 9.68. The Morgan fingerprint density at radius 2 is 1.40 bits per heavy atom. The highest BCUT2D eigenvalue weighted by Gasteiger charge is 2.16. The van der Waals surface area contributed by atoms with Gasteiger partial charge in [0.25, 0.3) is 0 Å². The predicted molar refractivity (Wildman–Crippen MR) is 72.9 cm³/mol. The first-order valence-electron chi connectivity index (χ1n) is 4.86. The lowest BCUT2D eigenvalue weighted by molar-refractivity contribution is 1.09. The van der Waals surface area contributed by atoms with Crippen LogP contribution in [0.5, 0.6) is 0 Å². The van der Waals surface area contributed by atoms with Crippen molar-refractivity contribution < 1.29 is 0 Å². The Morgan fingerprint density at radius 3 is 1.67 bits per heavy atom. The van der Waals surface area contributed by atoms with E-state index in [2.05, 4.69) is 26.4 Å². The van der Waals surface area contributed by atoms with Gasteiger partial charge in [0.2, 0.25) is 0 Å². The summed E-state index contributed by atoms with van der Waals surface area (Å²) in [6.07, 6.45) is 5.00. The van der Waals surface area contributed by atoms with Gasteiger partial charge in [-0.3, -0.25) is 0 Å². The number of hydrogen-bond acceptors (Lipinski definition) is 4. The number of nitrogens with two attached hydrogens (primary N) is 2. The molecule has 0 unspecified atom stereocenters. The Labute approximate surface area is 100 Å². The van der Waals surface area contributed by atoms with Crippen molar-refractivity contribution in [1.29, 1.82) is 0 Å². The highest BCUT2D eigenvalue weighted by molar-refractivity contribution is 7.99. The first kappa shape index (κ1) is 12.6. The van der Waals surface area contributed by atoms with Gasteiger partial charge in [0.1, 0.15) is 0 Å². The normalized spacial score (nSPS) is 10.7. The minimum atomic E-state index is 0.859. The highest BCUT2D eigenvalue weighted by Crippen LogP contribution is 2.41. The van der Waals surface area contributed by atoms with Gasteiger partial charge in [0.05, 0.1) is 11.4 Å². The Hall–Kier alpha value is -0.480. The van der Waals surface area contributed by atoms with Gasteiger partial charge in [0, 0.05) is 9.79 Å². The molecule has 0 amide bonds. The van der Waals surface area contributed by atoms with Crippen molar-refractivity contribution in [3.05, 3.63) is 11.1 Å². The first-order valence-corrected chi connectivity index (χ1v) is 7.31. The van der Waals surface area contributed by atoms with Crippen LogP contribution in [0.2, 0.25) is 0 Å². The molecule has 0 radical (unpaired) electrons. The molecule has 4 N–H and O–H groups in total. The first-order chi connectivity index (χ1) is 7.08. The van der Waals surface area contributed by atoms with Gasteiger partial charge in [-0.15, -0.1) is 23.5 Å². The molecule has 0 aliphatic carbocycles. The van der Waals surface area contributed by atoms with Gasteiger partial charge >= 0.3 is 0 Å². The zero-order chi connectivity index (χ0) is 11.6. The predicted octanol–water partition coefficient (Wildman–Crippen LogP) is 3.17. The Morgan fingerprint density at radius 1 is 1.00 bits per heavy atom. The van der Waals surface area contributed by atoms with Crippen molar-refractivity contribution in [1.82, 2.24) is 0 Å². The minimum Gasteiger partial charge on any atom is -0.398 e. The van der Waals surface area contributed by atoms with Crippen LogP contribution in [0.1, 0.15) is 18.1 Å². The van der Waals surface area contributed by atoms with E-state index in [0.717, 1.165) is 23.4 Å². The number of anilines is 2. The van der Waals surface area contributed by atoms with Crippen molar-refractivity contribution >= 4 is 34.9 Å². The summed E-state index contributed by atoms with van der Waals surface area (Å²) in [6.45, 7) is 4.18. The van der Waals surface area contributed by atoms with Gasteiger partial charge < -0.3 is 11.5 Å². The van der Waals surface area contributed by atoms with Crippen molar-refractivity contribution in [3.63, 3.8) is 0 Å². The maximum absolute atomic E-state index is 6.12. The lowest BCUT2D eigenvalue weighted by Crippen LogP contribution is -2.05. The van der Waals surface area contributed by atoms with Crippen LogP contribution < -0.4 is 11.5 Å². The van der Waals surface area contributed by atoms with Crippen LogP contribution in [0.4, 0.5) is 11.4 Å². The number of hydrogen-bond donors (Lipinski definition) is 2. The number of nitrogen functional groups attached to an aromatic ring is 2. The fourth-order valence-electron chi connectivity index (χ4n) is 1.83. The van der Waals surface area contributed by atoms with Crippen LogP contribution >= 0.6 is 23.5 Å². The Kier molecular flexibility index (Phi) is 4.22. The molecule has 84 valence electrons. The molecule has 0 saturated heterocycles. The topological polar surface area (TPSA) is 52.0 Å². The molecular formula is C11H18N2S2. The molecule has 2 nitrogen and oxygen atoms in total. The van der Waals surface area contributed by atoms with E-state index in [4.69, 9.17) is 11.5 Å². The van der Waals surface area contributed by atoms with E-state index in [9.17, 15) is 0 Å². The molecule has 1 aromatic carbocycles. The second-order valence-corrected chi connectivity index (χ2v) is 4.98. The summed E-state index contributed by atoms with van der Waals surface area (Å²) >= 11 is 3.39. The highest BCUT2D eigenvalue weighted by atomic mass is 32.2. The van der Waals surface area contributed by atoms with Crippen molar-refractivity contribution in [2.75, 3.05) is 24.0 Å². The molecule has 0 aromatic heterocycles. The average Bonchev–Trinajstić information content (AvgIpc) is 2.19. The molecule has 0 fully saturated rings. The standard InChI is InChI=1S/C11H18N2S2/c1-5-7-8(12)10(14-3)6(2)11(15-4)9(7)13/h5,12-13H2,1-4H3. The van der Waals surface area contributed by atoms with E-state index in [-0.39, 0.29) is 0 Å². The number of thioether (sulfide) groups is 2. The Balaban J connectivity index is 3.57. The molecular weight excluding hydrogens is 224 g/mol. The lowest BCUT2D eigenvalue weighted by atomic mass is 10.0. The monoisotopic (exact) mass is 242 g/mol. The summed E-state index contributed by atoms with van der Waals surface area (Å²) < 4.78 is 0. The lowest BCUT2D eigenvalue weighted by Gasteiger charge is -2.18. The third kappa shape index (κ3) is 2.06. The van der Waals surface area contributed by atoms with Crippen LogP contribution in [0.3, 0.4) is 0 Å². The molecule has 0 bridgehead atoms. The smallest absolute Gasteiger partial charge is 0.0508 e. The van der Waals surface area contributed by atoms with E-state index >= 15 is 0 Å². The summed E-state index contributed by atoms with van der Waals surface area (Å²) in [4.78, 5) is 2.34. The van der Waals surface area contributed by atoms with Gasteiger partial charge in [-0.25, -0.2) is 0 Å². The van der Waals surface area contributed by atoms with E-state index < -0.39 is 0 Å². The summed E-state index contributed by atoms with van der Waals surface area (Å²) in [5.74, 6) is 0. The largest absolute Gasteiger partial charge is 0.398 e. The SMILES string of the molecule is CCc1c(N)c(SC)c(C)c(SC)c1N. The summed E-state index contributed by atoms with van der Waals surface area (Å²) in [5.41, 5.74) is 16.3. The summed E-state index contributed by atoms with van der Waals surface area (Å²) in [6, 6.07) is 0. The van der Waals surface area contributed by atoms with Crippen molar-refractivity contribution in [3.8, 4) is 0 Å². The molecule has 0 atom stereocenters. The van der Waals surface area contributed by atoms with E-state index in [0.29, 0.717) is 0 Å². The molecule has 1 rings (SSSR count). The second kappa shape index (κ2) is 5.03. The average molecular weight is 242 g/mol. The third-order valence-electron chi connectivity index (χ3n) is 2.58. The minimum absolute atomic E-state index is 0.859. The maximum atomic E-state index is 6.12. The van der Waals surface area contributed by atoms with Crippen molar-refractivity contribution in [2.45, 2.75) is 30.1 Å². The van der Waals surface area contributed by atoms with Crippen LogP contribution in [-0.2, 0) is 6.42 Å². The molecule has 0 saturated carbocycles. The van der Waals surface area contributed by atoms with E-state index in [1.807, 2.05) is 0 Å². The zero-order valence-corrected chi connectivity index (χ0v) is 11.3. The molecule has 0 heterocycles. The van der Waals surface area contributed by atoms with E-state index in [1.54, 1.807) is 23.5 Å². The second-order valence-electron chi connectivity index (χ2n) is 3.35. The molecule has 0 aliphatic heterocycles. The van der Waals surface area contributed by atoms with E-state index in [1.165, 1.54) is 15.4 Å². The Bertz CT molecular complexity index is 297.